The summed E-state index contributed by atoms with van der Waals surface area (Å²) in [6, 6.07) is 27.1. The molecule has 1 unspecified atom stereocenters. The van der Waals surface area contributed by atoms with Crippen molar-refractivity contribution in [2.75, 3.05) is 6.54 Å². The molecule has 4 rings (SSSR count). The van der Waals surface area contributed by atoms with Crippen LogP contribution in [0.1, 0.15) is 58.9 Å². The molecule has 1 amide bonds. The average Bonchev–Trinajstić information content (AvgIpc) is 2.79. The number of hydrogen-bond acceptors (Lipinski definition) is 2. The van der Waals surface area contributed by atoms with Gasteiger partial charge in [-0.2, -0.15) is 0 Å². The second-order valence-electron chi connectivity index (χ2n) is 8.99. The molecule has 1 aliphatic rings. The van der Waals surface area contributed by atoms with E-state index in [9.17, 15) is 4.79 Å². The fourth-order valence-corrected chi connectivity index (χ4v) is 4.39. The Balaban J connectivity index is 1.38. The summed E-state index contributed by atoms with van der Waals surface area (Å²) < 4.78 is 0. The molecule has 0 saturated heterocycles. The van der Waals surface area contributed by atoms with Crippen LogP contribution in [0.4, 0.5) is 0 Å². The molecule has 1 aliphatic heterocycles. The van der Waals surface area contributed by atoms with Crippen molar-refractivity contribution in [2.24, 2.45) is 5.92 Å². The standard InChI is InChI=1S/C28H32N2O/c1-21(2)18-27(24-9-4-3-5-10-24)29-28(31)25-14-12-22(13-15-25)19-30-17-16-23-8-6-7-11-26(23)20-30/h3-15,21,27H,16-20H2,1-2H3,(H,29,31). The van der Waals surface area contributed by atoms with E-state index in [2.05, 4.69) is 72.6 Å². The van der Waals surface area contributed by atoms with Gasteiger partial charge in [0.2, 0.25) is 0 Å². The number of hydrogen-bond donors (Lipinski definition) is 1. The lowest BCUT2D eigenvalue weighted by Crippen LogP contribution is -2.30. The molecular weight excluding hydrogens is 380 g/mol. The van der Waals surface area contributed by atoms with Crippen molar-refractivity contribution >= 4 is 5.91 Å². The predicted molar refractivity (Wildman–Crippen MR) is 127 cm³/mol. The summed E-state index contributed by atoms with van der Waals surface area (Å²) in [7, 11) is 0. The largest absolute Gasteiger partial charge is 0.345 e. The number of fused-ring (bicyclic) bond motifs is 1. The zero-order chi connectivity index (χ0) is 21.6. The molecule has 3 nitrogen and oxygen atoms in total. The van der Waals surface area contributed by atoms with Crippen molar-refractivity contribution in [1.29, 1.82) is 0 Å². The van der Waals surface area contributed by atoms with Crippen molar-refractivity contribution in [3.63, 3.8) is 0 Å². The Hall–Kier alpha value is -2.91. The summed E-state index contributed by atoms with van der Waals surface area (Å²) in [4.78, 5) is 15.4. The Kier molecular flexibility index (Phi) is 6.83. The van der Waals surface area contributed by atoms with Crippen molar-refractivity contribution < 1.29 is 4.79 Å². The van der Waals surface area contributed by atoms with Gasteiger partial charge in [-0.15, -0.1) is 0 Å². The molecule has 3 aromatic carbocycles. The quantitative estimate of drug-likeness (QED) is 0.535. The summed E-state index contributed by atoms with van der Waals surface area (Å²) in [5.41, 5.74) is 6.03. The van der Waals surface area contributed by atoms with Crippen LogP contribution in [0.2, 0.25) is 0 Å². The van der Waals surface area contributed by atoms with Crippen LogP contribution in [0.3, 0.4) is 0 Å². The maximum Gasteiger partial charge on any atom is 0.251 e. The Morgan fingerprint density at radius 3 is 2.29 bits per heavy atom. The molecule has 1 atom stereocenters. The highest BCUT2D eigenvalue weighted by molar-refractivity contribution is 5.94. The van der Waals surface area contributed by atoms with Gasteiger partial charge in [-0.05, 0) is 53.1 Å². The number of carbonyl (C=O) groups excluding carboxylic acids is 1. The predicted octanol–water partition coefficient (Wildman–Crippen LogP) is 5.76. The number of benzene rings is 3. The minimum absolute atomic E-state index is 0.00653. The summed E-state index contributed by atoms with van der Waals surface area (Å²) in [6.45, 7) is 7.36. The summed E-state index contributed by atoms with van der Waals surface area (Å²) >= 11 is 0. The maximum absolute atomic E-state index is 12.9. The van der Waals surface area contributed by atoms with Crippen molar-refractivity contribution in [2.45, 2.75) is 45.8 Å². The molecule has 1 heterocycles. The van der Waals surface area contributed by atoms with Crippen LogP contribution in [0.15, 0.2) is 78.9 Å². The van der Waals surface area contributed by atoms with Crippen molar-refractivity contribution in [1.82, 2.24) is 10.2 Å². The fourth-order valence-electron chi connectivity index (χ4n) is 4.39. The highest BCUT2D eigenvalue weighted by atomic mass is 16.1. The van der Waals surface area contributed by atoms with E-state index in [0.29, 0.717) is 5.92 Å². The molecule has 0 bridgehead atoms. The lowest BCUT2D eigenvalue weighted by Gasteiger charge is -2.28. The van der Waals surface area contributed by atoms with E-state index in [1.807, 2.05) is 30.3 Å². The normalized spacial score (nSPS) is 14.8. The molecule has 0 spiro atoms. The van der Waals surface area contributed by atoms with Crippen LogP contribution in [0.25, 0.3) is 0 Å². The zero-order valence-electron chi connectivity index (χ0n) is 18.6. The number of rotatable bonds is 7. The van der Waals surface area contributed by atoms with Gasteiger partial charge in [-0.25, -0.2) is 0 Å². The highest BCUT2D eigenvalue weighted by Gasteiger charge is 2.18. The molecule has 0 fully saturated rings. The van der Waals surface area contributed by atoms with E-state index in [1.54, 1.807) is 0 Å². The molecule has 0 saturated carbocycles. The van der Waals surface area contributed by atoms with Crippen molar-refractivity contribution in [3.8, 4) is 0 Å². The van der Waals surface area contributed by atoms with Gasteiger partial charge >= 0.3 is 0 Å². The highest BCUT2D eigenvalue weighted by Crippen LogP contribution is 2.23. The first-order valence-electron chi connectivity index (χ1n) is 11.3. The summed E-state index contributed by atoms with van der Waals surface area (Å²) in [5, 5.41) is 3.24. The Morgan fingerprint density at radius 2 is 1.58 bits per heavy atom. The molecule has 0 aliphatic carbocycles. The van der Waals surface area contributed by atoms with Crippen LogP contribution in [-0.2, 0) is 19.5 Å². The van der Waals surface area contributed by atoms with Gasteiger partial charge in [-0.1, -0.05) is 80.6 Å². The van der Waals surface area contributed by atoms with Gasteiger partial charge in [0, 0.05) is 25.2 Å². The summed E-state index contributed by atoms with van der Waals surface area (Å²) in [6.07, 6.45) is 2.03. The molecule has 1 N–H and O–H groups in total. The molecule has 31 heavy (non-hydrogen) atoms. The SMILES string of the molecule is CC(C)CC(NC(=O)c1ccc(CN2CCc3ccccc3C2)cc1)c1ccccc1. The maximum atomic E-state index is 12.9. The van der Waals surface area contributed by atoms with Gasteiger partial charge < -0.3 is 5.32 Å². The van der Waals surface area contributed by atoms with Crippen LogP contribution in [-0.4, -0.2) is 17.4 Å². The topological polar surface area (TPSA) is 32.3 Å². The Bertz CT molecular complexity index is 995. The van der Waals surface area contributed by atoms with Gasteiger partial charge in [0.05, 0.1) is 6.04 Å². The van der Waals surface area contributed by atoms with Crippen LogP contribution in [0.5, 0.6) is 0 Å². The van der Waals surface area contributed by atoms with E-state index in [1.165, 1.54) is 16.7 Å². The van der Waals surface area contributed by atoms with Crippen molar-refractivity contribution in [3.05, 3.63) is 107 Å². The molecule has 3 heteroatoms. The van der Waals surface area contributed by atoms with Crippen LogP contribution < -0.4 is 5.32 Å². The first-order chi connectivity index (χ1) is 15.1. The minimum atomic E-state index is -0.00653. The van der Waals surface area contributed by atoms with Gasteiger partial charge in [0.25, 0.3) is 5.91 Å². The van der Waals surface area contributed by atoms with E-state index in [0.717, 1.165) is 43.6 Å². The molecular formula is C28H32N2O. The second kappa shape index (κ2) is 9.93. The first-order valence-corrected chi connectivity index (χ1v) is 11.3. The van der Waals surface area contributed by atoms with Gasteiger partial charge in [-0.3, -0.25) is 9.69 Å². The van der Waals surface area contributed by atoms with Gasteiger partial charge in [0.15, 0.2) is 0 Å². The second-order valence-corrected chi connectivity index (χ2v) is 8.99. The Labute approximate surface area is 186 Å². The zero-order valence-corrected chi connectivity index (χ0v) is 18.6. The smallest absolute Gasteiger partial charge is 0.251 e. The molecule has 3 aromatic rings. The average molecular weight is 413 g/mol. The minimum Gasteiger partial charge on any atom is -0.345 e. The monoisotopic (exact) mass is 412 g/mol. The lowest BCUT2D eigenvalue weighted by atomic mass is 9.96. The molecule has 0 radical (unpaired) electrons. The Morgan fingerprint density at radius 1 is 0.903 bits per heavy atom. The molecule has 160 valence electrons. The number of carbonyl (C=O) groups is 1. The third-order valence-corrected chi connectivity index (χ3v) is 6.05. The number of nitrogens with one attached hydrogen (secondary N) is 1. The van der Waals surface area contributed by atoms with E-state index in [4.69, 9.17) is 0 Å². The third kappa shape index (κ3) is 5.62. The number of nitrogens with zero attached hydrogens (tertiary/aromatic N) is 1. The fraction of sp³-hybridized carbons (Fsp3) is 0.321. The van der Waals surface area contributed by atoms with Crippen LogP contribution >= 0.6 is 0 Å². The van der Waals surface area contributed by atoms with Gasteiger partial charge in [0.1, 0.15) is 0 Å². The lowest BCUT2D eigenvalue weighted by molar-refractivity contribution is 0.0932. The van der Waals surface area contributed by atoms with E-state index in [-0.39, 0.29) is 11.9 Å². The van der Waals surface area contributed by atoms with E-state index < -0.39 is 0 Å². The first kappa shape index (κ1) is 21.3. The third-order valence-electron chi connectivity index (χ3n) is 6.05. The molecule has 0 aromatic heterocycles. The van der Waals surface area contributed by atoms with Crippen LogP contribution in [0, 0.1) is 5.92 Å². The summed E-state index contributed by atoms with van der Waals surface area (Å²) in [5.74, 6) is 0.496. The number of amides is 1. The van der Waals surface area contributed by atoms with E-state index >= 15 is 0 Å².